The summed E-state index contributed by atoms with van der Waals surface area (Å²) in [6, 6.07) is 1.91. The fourth-order valence-corrected chi connectivity index (χ4v) is 3.83. The van der Waals surface area contributed by atoms with Crippen LogP contribution < -0.4 is 5.56 Å². The maximum atomic E-state index is 12.4. The first-order valence-corrected chi connectivity index (χ1v) is 8.63. The van der Waals surface area contributed by atoms with Crippen molar-refractivity contribution >= 4 is 33.8 Å². The van der Waals surface area contributed by atoms with E-state index in [-0.39, 0.29) is 5.56 Å². The van der Waals surface area contributed by atoms with Gasteiger partial charge in [-0.25, -0.2) is 0 Å². The predicted octanol–water partition coefficient (Wildman–Crippen LogP) is 1.76. The second kappa shape index (κ2) is 6.39. The van der Waals surface area contributed by atoms with Gasteiger partial charge in [-0.1, -0.05) is 6.92 Å². The third kappa shape index (κ3) is 3.11. The average molecular weight is 324 g/mol. The molecule has 114 valence electrons. The number of thiophene rings is 1. The Morgan fingerprint density at radius 1 is 1.24 bits per heavy atom. The molecular formula is C14H20N4OS2. The van der Waals surface area contributed by atoms with Crippen molar-refractivity contribution in [2.75, 3.05) is 39.3 Å². The van der Waals surface area contributed by atoms with Gasteiger partial charge in [0.2, 0.25) is 0 Å². The molecule has 0 aromatic carbocycles. The molecule has 3 heterocycles. The molecular weight excluding hydrogens is 304 g/mol. The molecule has 1 saturated heterocycles. The topological polar surface area (TPSA) is 44.3 Å². The minimum absolute atomic E-state index is 0.0379. The van der Waals surface area contributed by atoms with Crippen molar-refractivity contribution in [3.05, 3.63) is 26.6 Å². The monoisotopic (exact) mass is 324 g/mol. The molecule has 2 aromatic heterocycles. The molecule has 1 fully saturated rings. The summed E-state index contributed by atoms with van der Waals surface area (Å²) in [5.74, 6) is 0. The first-order chi connectivity index (χ1) is 10.2. The van der Waals surface area contributed by atoms with Crippen molar-refractivity contribution in [1.82, 2.24) is 19.4 Å². The Morgan fingerprint density at radius 3 is 2.67 bits per heavy atom. The van der Waals surface area contributed by atoms with Gasteiger partial charge in [0.25, 0.3) is 5.56 Å². The van der Waals surface area contributed by atoms with Crippen molar-refractivity contribution in [3.8, 4) is 0 Å². The second-order valence-corrected chi connectivity index (χ2v) is 6.63. The lowest BCUT2D eigenvalue weighted by Gasteiger charge is -2.34. The number of aromatic amines is 1. The molecule has 0 unspecified atom stereocenters. The molecule has 1 aliphatic rings. The zero-order valence-corrected chi connectivity index (χ0v) is 13.8. The highest BCUT2D eigenvalue weighted by molar-refractivity contribution is 7.71. The third-order valence-electron chi connectivity index (χ3n) is 4.14. The minimum atomic E-state index is 0.0379. The number of hydrogen-bond acceptors (Lipinski definition) is 5. The average Bonchev–Trinajstić information content (AvgIpc) is 2.96. The molecule has 1 aliphatic heterocycles. The van der Waals surface area contributed by atoms with Crippen molar-refractivity contribution in [2.45, 2.75) is 13.5 Å². The summed E-state index contributed by atoms with van der Waals surface area (Å²) >= 11 is 6.79. The van der Waals surface area contributed by atoms with E-state index in [1.165, 1.54) is 11.3 Å². The van der Waals surface area contributed by atoms with Crippen LogP contribution in [0.4, 0.5) is 0 Å². The van der Waals surface area contributed by atoms with E-state index in [4.69, 9.17) is 12.2 Å². The molecule has 1 N–H and O–H groups in total. The summed E-state index contributed by atoms with van der Waals surface area (Å²) in [7, 11) is 0. The number of nitrogens with one attached hydrogen (secondary N) is 1. The summed E-state index contributed by atoms with van der Waals surface area (Å²) in [5, 5.41) is 1.92. The maximum absolute atomic E-state index is 12.4. The van der Waals surface area contributed by atoms with Crippen LogP contribution in [0.5, 0.6) is 0 Å². The Morgan fingerprint density at radius 2 is 1.95 bits per heavy atom. The largest absolute Gasteiger partial charge is 0.331 e. The number of nitrogens with zero attached hydrogens (tertiary/aromatic N) is 3. The van der Waals surface area contributed by atoms with E-state index in [1.807, 2.05) is 11.4 Å². The summed E-state index contributed by atoms with van der Waals surface area (Å²) in [5.41, 5.74) is 0.888. The molecule has 0 aliphatic carbocycles. The number of likely N-dealkylation sites (N-methyl/N-ethyl adjacent to an activating group) is 1. The van der Waals surface area contributed by atoms with E-state index in [0.717, 1.165) is 49.5 Å². The van der Waals surface area contributed by atoms with E-state index in [2.05, 4.69) is 21.7 Å². The molecule has 21 heavy (non-hydrogen) atoms. The van der Waals surface area contributed by atoms with Crippen LogP contribution in [0.2, 0.25) is 0 Å². The number of piperazine rings is 1. The number of fused-ring (bicyclic) bond motifs is 1. The standard InChI is InChI=1S/C14H20N4OS2/c1-2-16-4-6-17(7-5-16)8-9-18-13(19)12-11(3-10-21-12)15-14(18)20/h3,10H,2,4-9H2,1H3,(H,15,20). The van der Waals surface area contributed by atoms with Crippen molar-refractivity contribution < 1.29 is 0 Å². The molecule has 0 atom stereocenters. The van der Waals surface area contributed by atoms with E-state index < -0.39 is 0 Å². The summed E-state index contributed by atoms with van der Waals surface area (Å²) in [4.78, 5) is 20.4. The molecule has 0 spiro atoms. The van der Waals surface area contributed by atoms with E-state index in [9.17, 15) is 4.79 Å². The Labute approximate surface area is 132 Å². The van der Waals surface area contributed by atoms with Gasteiger partial charge in [0.05, 0.1) is 5.52 Å². The molecule has 2 aromatic rings. The number of hydrogen-bond donors (Lipinski definition) is 1. The molecule has 0 bridgehead atoms. The molecule has 0 saturated carbocycles. The van der Waals surface area contributed by atoms with Crippen LogP contribution in [0.1, 0.15) is 6.92 Å². The van der Waals surface area contributed by atoms with E-state index in [1.54, 1.807) is 4.57 Å². The molecule has 0 amide bonds. The Balaban J connectivity index is 1.71. The third-order valence-corrected chi connectivity index (χ3v) is 5.37. The normalized spacial score (nSPS) is 17.6. The Hall–Kier alpha value is -1.02. The Kier molecular flexibility index (Phi) is 4.54. The highest BCUT2D eigenvalue weighted by Crippen LogP contribution is 2.13. The molecule has 3 rings (SSSR count). The zero-order chi connectivity index (χ0) is 14.8. The van der Waals surface area contributed by atoms with Gasteiger partial charge in [-0.3, -0.25) is 14.3 Å². The molecule has 5 nitrogen and oxygen atoms in total. The van der Waals surface area contributed by atoms with Gasteiger partial charge >= 0.3 is 0 Å². The predicted molar refractivity (Wildman–Crippen MR) is 89.8 cm³/mol. The SMILES string of the molecule is CCN1CCN(CCn2c(=S)[nH]c3ccsc3c2=O)CC1. The van der Waals surface area contributed by atoms with Gasteiger partial charge in [-0.05, 0) is 30.2 Å². The van der Waals surface area contributed by atoms with Crippen LogP contribution in [-0.2, 0) is 6.54 Å². The molecule has 0 radical (unpaired) electrons. The van der Waals surface area contributed by atoms with Crippen molar-refractivity contribution in [1.29, 1.82) is 0 Å². The van der Waals surface area contributed by atoms with E-state index >= 15 is 0 Å². The van der Waals surface area contributed by atoms with Crippen LogP contribution in [-0.4, -0.2) is 58.6 Å². The summed E-state index contributed by atoms with van der Waals surface area (Å²) in [6.07, 6.45) is 0. The van der Waals surface area contributed by atoms with Gasteiger partial charge in [0.15, 0.2) is 4.77 Å². The molecule has 7 heteroatoms. The van der Waals surface area contributed by atoms with Crippen molar-refractivity contribution in [2.24, 2.45) is 0 Å². The van der Waals surface area contributed by atoms with Gasteiger partial charge in [-0.15, -0.1) is 11.3 Å². The van der Waals surface area contributed by atoms with Crippen LogP contribution in [0.3, 0.4) is 0 Å². The van der Waals surface area contributed by atoms with Crippen molar-refractivity contribution in [3.63, 3.8) is 0 Å². The van der Waals surface area contributed by atoms with E-state index in [0.29, 0.717) is 11.3 Å². The summed E-state index contributed by atoms with van der Waals surface area (Å²) < 4.78 is 2.98. The minimum Gasteiger partial charge on any atom is -0.331 e. The van der Waals surface area contributed by atoms with Gasteiger partial charge in [-0.2, -0.15) is 0 Å². The second-order valence-electron chi connectivity index (χ2n) is 5.33. The highest BCUT2D eigenvalue weighted by Gasteiger charge is 2.15. The maximum Gasteiger partial charge on any atom is 0.272 e. The lowest BCUT2D eigenvalue weighted by atomic mass is 10.3. The van der Waals surface area contributed by atoms with Gasteiger partial charge < -0.3 is 9.88 Å². The van der Waals surface area contributed by atoms with Crippen LogP contribution >= 0.6 is 23.6 Å². The lowest BCUT2D eigenvalue weighted by Crippen LogP contribution is -2.47. The quantitative estimate of drug-likeness (QED) is 0.871. The zero-order valence-electron chi connectivity index (χ0n) is 12.2. The smallest absolute Gasteiger partial charge is 0.272 e. The number of rotatable bonds is 4. The van der Waals surface area contributed by atoms with Crippen LogP contribution in [0, 0.1) is 4.77 Å². The fraction of sp³-hybridized carbons (Fsp3) is 0.571. The van der Waals surface area contributed by atoms with Crippen LogP contribution in [0.25, 0.3) is 10.2 Å². The fourth-order valence-electron chi connectivity index (χ4n) is 2.74. The number of H-pyrrole nitrogens is 1. The van der Waals surface area contributed by atoms with Gasteiger partial charge in [0, 0.05) is 39.3 Å². The lowest BCUT2D eigenvalue weighted by molar-refractivity contribution is 0.133. The first-order valence-electron chi connectivity index (χ1n) is 7.34. The first kappa shape index (κ1) is 14.9. The Bertz CT molecular complexity index is 724. The summed E-state index contributed by atoms with van der Waals surface area (Å²) in [6.45, 7) is 9.23. The number of aromatic nitrogens is 2. The highest BCUT2D eigenvalue weighted by atomic mass is 32.1. The van der Waals surface area contributed by atoms with Gasteiger partial charge in [0.1, 0.15) is 4.70 Å². The van der Waals surface area contributed by atoms with Crippen LogP contribution in [0.15, 0.2) is 16.2 Å².